The topological polar surface area (TPSA) is 67.4 Å². The SMILES string of the molecule is CO[B][C@H](CC(C)C)NC(=O)CNC(=O)c1cc(Cl)ccc1Cl. The molecule has 2 amide bonds. The number of rotatable bonds is 8. The van der Waals surface area contributed by atoms with Gasteiger partial charge >= 0.3 is 7.48 Å². The fraction of sp³-hybridized carbons (Fsp3) is 0.467. The van der Waals surface area contributed by atoms with Crippen LogP contribution in [0.1, 0.15) is 30.6 Å². The van der Waals surface area contributed by atoms with Gasteiger partial charge in [-0.3, -0.25) is 9.59 Å². The van der Waals surface area contributed by atoms with Crippen molar-refractivity contribution < 1.29 is 14.2 Å². The summed E-state index contributed by atoms with van der Waals surface area (Å²) in [5.41, 5.74) is 0.231. The Balaban J connectivity index is 2.54. The van der Waals surface area contributed by atoms with Crippen LogP contribution < -0.4 is 10.6 Å². The molecule has 1 rings (SSSR count). The molecule has 1 radical (unpaired) electrons. The molecule has 8 heteroatoms. The molecule has 0 unspecified atom stereocenters. The number of hydrogen-bond acceptors (Lipinski definition) is 3. The van der Waals surface area contributed by atoms with E-state index in [1.165, 1.54) is 19.2 Å². The Kier molecular flexibility index (Phi) is 8.44. The highest BCUT2D eigenvalue weighted by atomic mass is 35.5. The monoisotopic (exact) mass is 357 g/mol. The van der Waals surface area contributed by atoms with Crippen LogP contribution in [0.2, 0.25) is 10.0 Å². The summed E-state index contributed by atoms with van der Waals surface area (Å²) in [6.07, 6.45) is 0.744. The summed E-state index contributed by atoms with van der Waals surface area (Å²) in [6.45, 7) is 3.94. The summed E-state index contributed by atoms with van der Waals surface area (Å²) in [6, 6.07) is 4.58. The van der Waals surface area contributed by atoms with Gasteiger partial charge < -0.3 is 15.3 Å². The van der Waals surface area contributed by atoms with Crippen LogP contribution in [-0.4, -0.2) is 38.9 Å². The second-order valence-electron chi connectivity index (χ2n) is 5.48. The normalized spacial score (nSPS) is 11.9. The van der Waals surface area contributed by atoms with Gasteiger partial charge in [0.1, 0.15) is 0 Å². The Labute approximate surface area is 147 Å². The van der Waals surface area contributed by atoms with Crippen LogP contribution in [0.3, 0.4) is 0 Å². The molecule has 2 N–H and O–H groups in total. The van der Waals surface area contributed by atoms with Crippen molar-refractivity contribution in [1.29, 1.82) is 0 Å². The third-order valence-corrected chi connectivity index (χ3v) is 3.52. The van der Waals surface area contributed by atoms with Crippen molar-refractivity contribution in [2.24, 2.45) is 5.92 Å². The fourth-order valence-electron chi connectivity index (χ4n) is 2.01. The molecule has 5 nitrogen and oxygen atoms in total. The predicted octanol–water partition coefficient (Wildman–Crippen LogP) is 2.48. The maximum absolute atomic E-state index is 12.0. The Morgan fingerprint density at radius 1 is 1.30 bits per heavy atom. The summed E-state index contributed by atoms with van der Waals surface area (Å²) in [5.74, 6) is -0.579. The third-order valence-electron chi connectivity index (χ3n) is 2.95. The van der Waals surface area contributed by atoms with E-state index in [4.69, 9.17) is 27.9 Å². The van der Waals surface area contributed by atoms with Crippen molar-refractivity contribution in [3.05, 3.63) is 33.8 Å². The zero-order chi connectivity index (χ0) is 17.4. The maximum atomic E-state index is 12.0. The molecule has 0 saturated carbocycles. The third kappa shape index (κ3) is 7.25. The maximum Gasteiger partial charge on any atom is 0.316 e. The Hall–Kier alpha value is -1.24. The summed E-state index contributed by atoms with van der Waals surface area (Å²) in [5, 5.41) is 5.98. The average Bonchev–Trinajstić information content (AvgIpc) is 2.47. The number of hydrogen-bond donors (Lipinski definition) is 2. The van der Waals surface area contributed by atoms with Gasteiger partial charge in [-0.15, -0.1) is 0 Å². The minimum Gasteiger partial charge on any atom is -0.441 e. The average molecular weight is 358 g/mol. The zero-order valence-corrected chi connectivity index (χ0v) is 14.9. The molecule has 0 spiro atoms. The molecule has 0 bridgehead atoms. The van der Waals surface area contributed by atoms with E-state index >= 15 is 0 Å². The lowest BCUT2D eigenvalue weighted by atomic mass is 9.81. The van der Waals surface area contributed by atoms with Crippen molar-refractivity contribution in [3.63, 3.8) is 0 Å². The van der Waals surface area contributed by atoms with E-state index in [2.05, 4.69) is 10.6 Å². The molecule has 0 aliphatic rings. The van der Waals surface area contributed by atoms with Crippen LogP contribution >= 0.6 is 23.2 Å². The lowest BCUT2D eigenvalue weighted by molar-refractivity contribution is -0.120. The lowest BCUT2D eigenvalue weighted by Gasteiger charge is -2.18. The smallest absolute Gasteiger partial charge is 0.316 e. The second kappa shape index (κ2) is 9.80. The molecule has 0 aromatic heterocycles. The number of nitrogens with one attached hydrogen (secondary N) is 2. The van der Waals surface area contributed by atoms with Crippen LogP contribution in [0.15, 0.2) is 18.2 Å². The van der Waals surface area contributed by atoms with Gasteiger partial charge in [0.05, 0.1) is 17.1 Å². The van der Waals surface area contributed by atoms with Gasteiger partial charge in [0.25, 0.3) is 5.91 Å². The van der Waals surface area contributed by atoms with Gasteiger partial charge in [-0.2, -0.15) is 0 Å². The first-order valence-corrected chi connectivity index (χ1v) is 7.97. The zero-order valence-electron chi connectivity index (χ0n) is 13.4. The predicted molar refractivity (Wildman–Crippen MR) is 92.9 cm³/mol. The fourth-order valence-corrected chi connectivity index (χ4v) is 2.38. The molecular weight excluding hydrogens is 338 g/mol. The van der Waals surface area contributed by atoms with Crippen molar-refractivity contribution in [2.45, 2.75) is 26.2 Å². The van der Waals surface area contributed by atoms with Crippen molar-refractivity contribution in [3.8, 4) is 0 Å². The molecule has 1 aromatic carbocycles. The van der Waals surface area contributed by atoms with Crippen molar-refractivity contribution in [2.75, 3.05) is 13.7 Å². The van der Waals surface area contributed by atoms with E-state index in [1.54, 1.807) is 13.5 Å². The summed E-state index contributed by atoms with van der Waals surface area (Å²) < 4.78 is 4.97. The molecule has 0 aliphatic carbocycles. The van der Waals surface area contributed by atoms with Gasteiger partial charge in [-0.05, 0) is 30.5 Å². The number of carbonyl (C=O) groups is 2. The van der Waals surface area contributed by atoms with Crippen LogP contribution in [0.25, 0.3) is 0 Å². The van der Waals surface area contributed by atoms with Gasteiger partial charge in [0.2, 0.25) is 5.91 Å². The van der Waals surface area contributed by atoms with Gasteiger partial charge in [-0.1, -0.05) is 37.0 Å². The molecule has 0 fully saturated rings. The minimum atomic E-state index is -0.455. The molecule has 1 atom stereocenters. The Morgan fingerprint density at radius 3 is 2.61 bits per heavy atom. The highest BCUT2D eigenvalue weighted by Crippen LogP contribution is 2.20. The highest BCUT2D eigenvalue weighted by molar-refractivity contribution is 6.35. The molecule has 0 saturated heterocycles. The summed E-state index contributed by atoms with van der Waals surface area (Å²) >= 11 is 11.8. The Bertz CT molecular complexity index is 556. The van der Waals surface area contributed by atoms with E-state index in [0.29, 0.717) is 10.9 Å². The second-order valence-corrected chi connectivity index (χ2v) is 6.33. The van der Waals surface area contributed by atoms with E-state index in [9.17, 15) is 9.59 Å². The molecule has 0 aliphatic heterocycles. The molecule has 23 heavy (non-hydrogen) atoms. The van der Waals surface area contributed by atoms with Crippen LogP contribution in [0.5, 0.6) is 0 Å². The number of amides is 2. The minimum absolute atomic E-state index is 0.159. The van der Waals surface area contributed by atoms with E-state index in [-0.39, 0.29) is 29.0 Å². The largest absolute Gasteiger partial charge is 0.441 e. The molecule has 1 aromatic rings. The first-order valence-electron chi connectivity index (χ1n) is 7.22. The molecular formula is C15H20BCl2N2O3. The van der Waals surface area contributed by atoms with Gasteiger partial charge in [0, 0.05) is 18.1 Å². The van der Waals surface area contributed by atoms with Crippen LogP contribution in [0.4, 0.5) is 0 Å². The Morgan fingerprint density at radius 2 is 2.00 bits per heavy atom. The number of carbonyl (C=O) groups excluding carboxylic acids is 2. The number of halogens is 2. The molecule has 0 heterocycles. The first kappa shape index (κ1) is 19.8. The van der Waals surface area contributed by atoms with Crippen LogP contribution in [0, 0.1) is 5.92 Å². The van der Waals surface area contributed by atoms with E-state index in [1.807, 2.05) is 13.8 Å². The molecule has 125 valence electrons. The summed E-state index contributed by atoms with van der Waals surface area (Å²) in [7, 11) is 3.09. The standard InChI is InChI=1S/C15H20BCl2N2O3/c1-9(2)6-13(16-23-3)20-14(21)8-19-15(22)11-7-10(17)4-5-12(11)18/h4-5,7,9,13H,6,8H2,1-3H3,(H,19,22)(H,20,21)/t13-/m0/s1. The van der Waals surface area contributed by atoms with Gasteiger partial charge in [-0.25, -0.2) is 0 Å². The quantitative estimate of drug-likeness (QED) is 0.702. The van der Waals surface area contributed by atoms with E-state index < -0.39 is 5.91 Å². The van der Waals surface area contributed by atoms with E-state index in [0.717, 1.165) is 6.42 Å². The summed E-state index contributed by atoms with van der Waals surface area (Å²) in [4.78, 5) is 24.0. The van der Waals surface area contributed by atoms with Crippen molar-refractivity contribution >= 4 is 42.5 Å². The van der Waals surface area contributed by atoms with Gasteiger partial charge in [0.15, 0.2) is 0 Å². The van der Waals surface area contributed by atoms with Crippen LogP contribution in [-0.2, 0) is 9.45 Å². The first-order chi connectivity index (χ1) is 10.8. The number of benzene rings is 1. The highest BCUT2D eigenvalue weighted by Gasteiger charge is 2.17. The van der Waals surface area contributed by atoms with Crippen molar-refractivity contribution in [1.82, 2.24) is 10.6 Å². The lowest BCUT2D eigenvalue weighted by Crippen LogP contribution is -2.45.